The molecule has 1 saturated heterocycles. The summed E-state index contributed by atoms with van der Waals surface area (Å²) >= 11 is 0. The monoisotopic (exact) mass is 171 g/mol. The van der Waals surface area contributed by atoms with E-state index in [9.17, 15) is 9.59 Å². The number of amides is 3. The van der Waals surface area contributed by atoms with Crippen LogP contribution in [0, 0.1) is 0 Å². The molecule has 0 atom stereocenters. The molecule has 5 heteroatoms. The van der Waals surface area contributed by atoms with Crippen molar-refractivity contribution in [1.82, 2.24) is 15.8 Å². The minimum Gasteiger partial charge on any atom is -0.274 e. The average Bonchev–Trinajstić information content (AvgIpc) is 2.47. The van der Waals surface area contributed by atoms with Gasteiger partial charge < -0.3 is 0 Å². The summed E-state index contributed by atoms with van der Waals surface area (Å²) in [5.74, 6) is -0.0922. The third kappa shape index (κ3) is 1.94. The fourth-order valence-electron chi connectivity index (χ4n) is 1.09. The third-order valence-corrected chi connectivity index (χ3v) is 1.69. The molecule has 5 nitrogen and oxygen atoms in total. The number of carbonyl (C=O) groups excluding carboxylic acids is 2. The Bertz CT molecular complexity index is 193. The zero-order chi connectivity index (χ0) is 8.97. The second-order valence-electron chi connectivity index (χ2n) is 2.61. The SMILES string of the molecule is CCNNC(=O)N1CCCC1=O. The highest BCUT2D eigenvalue weighted by molar-refractivity contribution is 5.95. The van der Waals surface area contributed by atoms with Crippen molar-refractivity contribution in [1.29, 1.82) is 0 Å². The zero-order valence-electron chi connectivity index (χ0n) is 7.09. The highest BCUT2D eigenvalue weighted by atomic mass is 16.2. The van der Waals surface area contributed by atoms with Crippen molar-refractivity contribution >= 4 is 11.9 Å². The Kier molecular flexibility index (Phi) is 3.04. The minimum absolute atomic E-state index is 0.0922. The van der Waals surface area contributed by atoms with Crippen LogP contribution in [0.4, 0.5) is 4.79 Å². The van der Waals surface area contributed by atoms with Gasteiger partial charge in [-0.25, -0.2) is 10.2 Å². The zero-order valence-corrected chi connectivity index (χ0v) is 7.09. The van der Waals surface area contributed by atoms with Crippen LogP contribution < -0.4 is 10.9 Å². The van der Waals surface area contributed by atoms with Crippen molar-refractivity contribution in [2.75, 3.05) is 13.1 Å². The van der Waals surface area contributed by atoms with Crippen LogP contribution in [0.25, 0.3) is 0 Å². The van der Waals surface area contributed by atoms with E-state index < -0.39 is 0 Å². The number of nitrogens with one attached hydrogen (secondary N) is 2. The van der Waals surface area contributed by atoms with Gasteiger partial charge in [0.2, 0.25) is 5.91 Å². The van der Waals surface area contributed by atoms with Crippen LogP contribution in [-0.4, -0.2) is 29.9 Å². The summed E-state index contributed by atoms with van der Waals surface area (Å²) in [6, 6.07) is -0.348. The Hall–Kier alpha value is -1.10. The number of nitrogens with zero attached hydrogens (tertiary/aromatic N) is 1. The standard InChI is InChI=1S/C7H13N3O2/c1-2-8-9-7(12)10-5-3-4-6(10)11/h8H,2-5H2,1H3,(H,9,12). The predicted molar refractivity (Wildman–Crippen MR) is 43.2 cm³/mol. The quantitative estimate of drug-likeness (QED) is 0.568. The molecule has 0 radical (unpaired) electrons. The van der Waals surface area contributed by atoms with Crippen LogP contribution in [-0.2, 0) is 4.79 Å². The Labute approximate surface area is 71.1 Å². The molecule has 0 aromatic carbocycles. The summed E-state index contributed by atoms with van der Waals surface area (Å²) in [5, 5.41) is 0. The molecule has 1 aliphatic rings. The van der Waals surface area contributed by atoms with E-state index in [1.165, 1.54) is 4.90 Å². The Balaban J connectivity index is 2.36. The molecule has 0 spiro atoms. The first-order valence-corrected chi connectivity index (χ1v) is 4.09. The van der Waals surface area contributed by atoms with Gasteiger partial charge in [0.15, 0.2) is 0 Å². The molecule has 0 aliphatic carbocycles. The van der Waals surface area contributed by atoms with Crippen LogP contribution in [0.3, 0.4) is 0 Å². The summed E-state index contributed by atoms with van der Waals surface area (Å²) in [5.41, 5.74) is 5.07. The van der Waals surface area contributed by atoms with Gasteiger partial charge in [-0.1, -0.05) is 6.92 Å². The molecule has 3 amide bonds. The first-order chi connectivity index (χ1) is 5.75. The van der Waals surface area contributed by atoms with Gasteiger partial charge in [0.05, 0.1) is 0 Å². The van der Waals surface area contributed by atoms with E-state index in [1.54, 1.807) is 0 Å². The van der Waals surface area contributed by atoms with Gasteiger partial charge in [0, 0.05) is 19.5 Å². The molecule has 0 aromatic heterocycles. The number of imide groups is 1. The van der Waals surface area contributed by atoms with Crippen molar-refractivity contribution in [2.24, 2.45) is 0 Å². The summed E-state index contributed by atoms with van der Waals surface area (Å²) in [6.07, 6.45) is 1.26. The summed E-state index contributed by atoms with van der Waals surface area (Å²) < 4.78 is 0. The maximum atomic E-state index is 11.1. The van der Waals surface area contributed by atoms with E-state index >= 15 is 0 Å². The molecular formula is C7H13N3O2. The second kappa shape index (κ2) is 4.06. The van der Waals surface area contributed by atoms with Crippen LogP contribution in [0.1, 0.15) is 19.8 Å². The number of hydrazine groups is 1. The first-order valence-electron chi connectivity index (χ1n) is 4.09. The van der Waals surface area contributed by atoms with E-state index in [0.29, 0.717) is 19.5 Å². The smallest absolute Gasteiger partial charge is 0.274 e. The van der Waals surface area contributed by atoms with Crippen LogP contribution in [0.5, 0.6) is 0 Å². The Morgan fingerprint density at radius 2 is 2.42 bits per heavy atom. The van der Waals surface area contributed by atoms with Gasteiger partial charge in [-0.2, -0.15) is 0 Å². The molecule has 0 bridgehead atoms. The molecular weight excluding hydrogens is 158 g/mol. The number of rotatable bonds is 2. The van der Waals surface area contributed by atoms with E-state index in [1.807, 2.05) is 6.92 Å². The molecule has 12 heavy (non-hydrogen) atoms. The molecule has 0 saturated carbocycles. The fourth-order valence-corrected chi connectivity index (χ4v) is 1.09. The molecule has 1 heterocycles. The number of urea groups is 1. The molecule has 1 rings (SSSR count). The van der Waals surface area contributed by atoms with Gasteiger partial charge in [0.25, 0.3) is 0 Å². The Morgan fingerprint density at radius 1 is 1.67 bits per heavy atom. The lowest BCUT2D eigenvalue weighted by atomic mass is 10.4. The Morgan fingerprint density at radius 3 is 2.92 bits per heavy atom. The van der Waals surface area contributed by atoms with Crippen LogP contribution in [0.15, 0.2) is 0 Å². The minimum atomic E-state index is -0.348. The molecule has 1 aliphatic heterocycles. The van der Waals surface area contributed by atoms with Gasteiger partial charge in [-0.3, -0.25) is 15.1 Å². The molecule has 68 valence electrons. The normalized spacial score (nSPS) is 16.8. The van der Waals surface area contributed by atoms with Gasteiger partial charge in [-0.15, -0.1) is 0 Å². The largest absolute Gasteiger partial charge is 0.338 e. The lowest BCUT2D eigenvalue weighted by molar-refractivity contribution is -0.125. The highest BCUT2D eigenvalue weighted by Crippen LogP contribution is 2.08. The third-order valence-electron chi connectivity index (χ3n) is 1.69. The number of carbonyl (C=O) groups is 2. The fraction of sp³-hybridized carbons (Fsp3) is 0.714. The van der Waals surface area contributed by atoms with E-state index in [2.05, 4.69) is 10.9 Å². The molecule has 0 aromatic rings. The second-order valence-corrected chi connectivity index (χ2v) is 2.61. The summed E-state index contributed by atoms with van der Waals surface area (Å²) in [7, 11) is 0. The number of hydrogen-bond acceptors (Lipinski definition) is 3. The lowest BCUT2D eigenvalue weighted by Crippen LogP contribution is -2.46. The predicted octanol–water partition coefficient (Wildman–Crippen LogP) is -0.157. The van der Waals surface area contributed by atoms with Crippen LogP contribution >= 0.6 is 0 Å². The highest BCUT2D eigenvalue weighted by Gasteiger charge is 2.25. The van der Waals surface area contributed by atoms with Gasteiger partial charge in [-0.05, 0) is 6.42 Å². The average molecular weight is 171 g/mol. The molecule has 1 fully saturated rings. The lowest BCUT2D eigenvalue weighted by Gasteiger charge is -2.14. The van der Waals surface area contributed by atoms with Crippen molar-refractivity contribution in [3.8, 4) is 0 Å². The first kappa shape index (κ1) is 8.99. The van der Waals surface area contributed by atoms with Gasteiger partial charge >= 0.3 is 6.03 Å². The van der Waals surface area contributed by atoms with Crippen molar-refractivity contribution < 1.29 is 9.59 Å². The summed E-state index contributed by atoms with van der Waals surface area (Å²) in [4.78, 5) is 23.4. The topological polar surface area (TPSA) is 61.4 Å². The van der Waals surface area contributed by atoms with E-state index in [4.69, 9.17) is 0 Å². The maximum absolute atomic E-state index is 11.1. The number of likely N-dealkylation sites (tertiary alicyclic amines) is 1. The van der Waals surface area contributed by atoms with Crippen molar-refractivity contribution in [3.63, 3.8) is 0 Å². The molecule has 0 unspecified atom stereocenters. The maximum Gasteiger partial charge on any atom is 0.338 e. The van der Waals surface area contributed by atoms with E-state index in [-0.39, 0.29) is 11.9 Å². The van der Waals surface area contributed by atoms with Crippen LogP contribution in [0.2, 0.25) is 0 Å². The van der Waals surface area contributed by atoms with Crippen molar-refractivity contribution in [3.05, 3.63) is 0 Å². The summed E-state index contributed by atoms with van der Waals surface area (Å²) in [6.45, 7) is 3.05. The van der Waals surface area contributed by atoms with E-state index in [0.717, 1.165) is 6.42 Å². The van der Waals surface area contributed by atoms with Gasteiger partial charge in [0.1, 0.15) is 0 Å². The number of hydrogen-bond donors (Lipinski definition) is 2. The molecule has 2 N–H and O–H groups in total. The van der Waals surface area contributed by atoms with Crippen molar-refractivity contribution in [2.45, 2.75) is 19.8 Å².